The van der Waals surface area contributed by atoms with E-state index in [-0.39, 0.29) is 17.8 Å². The molecular weight excluding hydrogens is 271 g/mol. The Morgan fingerprint density at radius 2 is 2.19 bits per heavy atom. The molecule has 21 heavy (non-hydrogen) atoms. The van der Waals surface area contributed by atoms with E-state index in [0.717, 1.165) is 25.1 Å². The maximum atomic E-state index is 13.0. The van der Waals surface area contributed by atoms with Crippen LogP contribution in [0.2, 0.25) is 0 Å². The zero-order valence-electron chi connectivity index (χ0n) is 12.1. The maximum Gasteiger partial charge on any atom is 0.223 e. The number of nitrogens with zero attached hydrogens (tertiary/aromatic N) is 1. The molecule has 2 unspecified atom stereocenters. The van der Waals surface area contributed by atoms with E-state index in [2.05, 4.69) is 5.32 Å². The Balaban J connectivity index is 1.59. The summed E-state index contributed by atoms with van der Waals surface area (Å²) in [6.07, 6.45) is 1.55. The van der Waals surface area contributed by atoms with Crippen molar-refractivity contribution < 1.29 is 13.9 Å². The highest BCUT2D eigenvalue weighted by Crippen LogP contribution is 2.24. The van der Waals surface area contributed by atoms with E-state index in [9.17, 15) is 9.18 Å². The Kier molecular flexibility index (Phi) is 4.51. The monoisotopic (exact) mass is 292 g/mol. The molecule has 2 atom stereocenters. The van der Waals surface area contributed by atoms with Crippen LogP contribution in [0.25, 0.3) is 0 Å². The smallest absolute Gasteiger partial charge is 0.223 e. The van der Waals surface area contributed by atoms with Gasteiger partial charge in [-0.1, -0.05) is 12.1 Å². The fourth-order valence-corrected chi connectivity index (χ4v) is 3.02. The first-order valence-electron chi connectivity index (χ1n) is 7.58. The van der Waals surface area contributed by atoms with E-state index in [1.165, 1.54) is 12.1 Å². The summed E-state index contributed by atoms with van der Waals surface area (Å²) in [5, 5.41) is 3.29. The number of nitrogens with one attached hydrogen (secondary N) is 1. The molecule has 114 valence electrons. The van der Waals surface area contributed by atoms with Gasteiger partial charge >= 0.3 is 0 Å². The molecule has 1 aromatic carbocycles. The van der Waals surface area contributed by atoms with Gasteiger partial charge in [0, 0.05) is 13.0 Å². The van der Waals surface area contributed by atoms with E-state index in [1.807, 2.05) is 4.90 Å². The second-order valence-electron chi connectivity index (χ2n) is 5.81. The molecule has 2 saturated heterocycles. The van der Waals surface area contributed by atoms with Crippen LogP contribution in [0.1, 0.15) is 24.5 Å². The van der Waals surface area contributed by atoms with E-state index in [4.69, 9.17) is 4.74 Å². The van der Waals surface area contributed by atoms with E-state index >= 15 is 0 Å². The van der Waals surface area contributed by atoms with Crippen molar-refractivity contribution in [3.05, 3.63) is 35.6 Å². The van der Waals surface area contributed by atoms with Crippen molar-refractivity contribution in [3.8, 4) is 0 Å². The highest BCUT2D eigenvalue weighted by Gasteiger charge is 2.27. The van der Waals surface area contributed by atoms with Gasteiger partial charge in [-0.2, -0.15) is 0 Å². The lowest BCUT2D eigenvalue weighted by Crippen LogP contribution is -2.42. The Labute approximate surface area is 124 Å². The van der Waals surface area contributed by atoms with Crippen molar-refractivity contribution in [3.63, 3.8) is 0 Å². The fourth-order valence-electron chi connectivity index (χ4n) is 3.02. The van der Waals surface area contributed by atoms with Crippen LogP contribution in [0.15, 0.2) is 24.3 Å². The number of halogens is 1. The number of morpholine rings is 1. The minimum Gasteiger partial charge on any atom is -0.370 e. The quantitative estimate of drug-likeness (QED) is 0.922. The molecule has 0 aliphatic carbocycles. The number of hydrogen-bond donors (Lipinski definition) is 1. The van der Waals surface area contributed by atoms with Crippen molar-refractivity contribution in [1.82, 2.24) is 10.2 Å². The van der Waals surface area contributed by atoms with Crippen LogP contribution >= 0.6 is 0 Å². The van der Waals surface area contributed by atoms with Gasteiger partial charge in [0.15, 0.2) is 0 Å². The normalized spacial score (nSPS) is 26.0. The predicted octanol–water partition coefficient (Wildman–Crippen LogP) is 1.73. The lowest BCUT2D eigenvalue weighted by atomic mass is 10.0. The molecular formula is C16H21FN2O2. The molecule has 3 rings (SSSR count). The average molecular weight is 292 g/mol. The number of amides is 1. The minimum absolute atomic E-state index is 0.148. The molecule has 0 spiro atoms. The Morgan fingerprint density at radius 1 is 1.38 bits per heavy atom. The molecule has 0 aromatic heterocycles. The van der Waals surface area contributed by atoms with Crippen LogP contribution in [-0.2, 0) is 9.53 Å². The predicted molar refractivity (Wildman–Crippen MR) is 77.3 cm³/mol. The molecule has 1 aromatic rings. The molecule has 4 nitrogen and oxygen atoms in total. The van der Waals surface area contributed by atoms with Crippen molar-refractivity contribution in [1.29, 1.82) is 0 Å². The number of benzene rings is 1. The SMILES string of the molecule is O=C(CC1CCNC1)N1CCOC(c2ccc(F)cc2)C1. The average Bonchev–Trinajstić information content (AvgIpc) is 3.01. The van der Waals surface area contributed by atoms with Gasteiger partial charge in [-0.15, -0.1) is 0 Å². The van der Waals surface area contributed by atoms with Crippen LogP contribution in [0.3, 0.4) is 0 Å². The Morgan fingerprint density at radius 3 is 2.90 bits per heavy atom. The summed E-state index contributed by atoms with van der Waals surface area (Å²) in [6, 6.07) is 6.33. The zero-order chi connectivity index (χ0) is 14.7. The lowest BCUT2D eigenvalue weighted by molar-refractivity contribution is -0.139. The van der Waals surface area contributed by atoms with Crippen LogP contribution in [-0.4, -0.2) is 43.6 Å². The van der Waals surface area contributed by atoms with Gasteiger partial charge in [-0.05, 0) is 43.1 Å². The van der Waals surface area contributed by atoms with Crippen LogP contribution in [0.5, 0.6) is 0 Å². The lowest BCUT2D eigenvalue weighted by Gasteiger charge is -2.33. The standard InChI is InChI=1S/C16H21FN2O2/c17-14-3-1-13(2-4-14)15-11-19(7-8-21-15)16(20)9-12-5-6-18-10-12/h1-4,12,15,18H,5-11H2. The molecule has 2 fully saturated rings. The van der Waals surface area contributed by atoms with Gasteiger partial charge in [0.05, 0.1) is 13.2 Å². The van der Waals surface area contributed by atoms with Gasteiger partial charge < -0.3 is 15.0 Å². The Hall–Kier alpha value is -1.46. The molecule has 1 N–H and O–H groups in total. The molecule has 2 aliphatic heterocycles. The van der Waals surface area contributed by atoms with Gasteiger partial charge in [-0.3, -0.25) is 4.79 Å². The summed E-state index contributed by atoms with van der Waals surface area (Å²) >= 11 is 0. The highest BCUT2D eigenvalue weighted by molar-refractivity contribution is 5.76. The second-order valence-corrected chi connectivity index (χ2v) is 5.81. The topological polar surface area (TPSA) is 41.6 Å². The summed E-state index contributed by atoms with van der Waals surface area (Å²) in [5.41, 5.74) is 0.927. The maximum absolute atomic E-state index is 13.0. The van der Waals surface area contributed by atoms with Crippen molar-refractivity contribution >= 4 is 5.91 Å². The highest BCUT2D eigenvalue weighted by atomic mass is 19.1. The molecule has 5 heteroatoms. The summed E-state index contributed by atoms with van der Waals surface area (Å²) in [5.74, 6) is 0.417. The van der Waals surface area contributed by atoms with Crippen molar-refractivity contribution in [2.75, 3.05) is 32.8 Å². The summed E-state index contributed by atoms with van der Waals surface area (Å²) < 4.78 is 18.7. The second kappa shape index (κ2) is 6.54. The first kappa shape index (κ1) is 14.5. The van der Waals surface area contributed by atoms with Crippen LogP contribution < -0.4 is 5.32 Å². The third-order valence-corrected chi connectivity index (χ3v) is 4.29. The summed E-state index contributed by atoms with van der Waals surface area (Å²) in [6.45, 7) is 3.70. The first-order valence-corrected chi connectivity index (χ1v) is 7.58. The number of rotatable bonds is 3. The number of carbonyl (C=O) groups excluding carboxylic acids is 1. The van der Waals surface area contributed by atoms with E-state index in [0.29, 0.717) is 32.0 Å². The summed E-state index contributed by atoms with van der Waals surface area (Å²) in [7, 11) is 0. The van der Waals surface area contributed by atoms with E-state index in [1.54, 1.807) is 12.1 Å². The number of ether oxygens (including phenoxy) is 1. The van der Waals surface area contributed by atoms with Gasteiger partial charge in [0.1, 0.15) is 11.9 Å². The van der Waals surface area contributed by atoms with Gasteiger partial charge in [0.25, 0.3) is 0 Å². The molecule has 2 aliphatic rings. The number of hydrogen-bond acceptors (Lipinski definition) is 3. The minimum atomic E-state index is -0.253. The van der Waals surface area contributed by atoms with Gasteiger partial charge in [0.2, 0.25) is 5.91 Å². The van der Waals surface area contributed by atoms with Crippen LogP contribution in [0, 0.1) is 11.7 Å². The van der Waals surface area contributed by atoms with Crippen LogP contribution in [0.4, 0.5) is 4.39 Å². The van der Waals surface area contributed by atoms with E-state index < -0.39 is 0 Å². The molecule has 0 bridgehead atoms. The Bertz CT molecular complexity index is 486. The molecule has 1 amide bonds. The number of carbonyl (C=O) groups is 1. The zero-order valence-corrected chi connectivity index (χ0v) is 12.1. The van der Waals surface area contributed by atoms with Gasteiger partial charge in [-0.25, -0.2) is 4.39 Å². The molecule has 2 heterocycles. The van der Waals surface area contributed by atoms with Crippen molar-refractivity contribution in [2.24, 2.45) is 5.92 Å². The third kappa shape index (κ3) is 3.60. The first-order chi connectivity index (χ1) is 10.2. The summed E-state index contributed by atoms with van der Waals surface area (Å²) in [4.78, 5) is 14.3. The largest absolute Gasteiger partial charge is 0.370 e. The molecule has 0 radical (unpaired) electrons. The molecule has 0 saturated carbocycles. The fraction of sp³-hybridized carbons (Fsp3) is 0.562. The third-order valence-electron chi connectivity index (χ3n) is 4.29. The van der Waals surface area contributed by atoms with Crippen molar-refractivity contribution in [2.45, 2.75) is 18.9 Å².